The van der Waals surface area contributed by atoms with Crippen LogP contribution in [0.1, 0.15) is 25.0 Å². The van der Waals surface area contributed by atoms with Gasteiger partial charge < -0.3 is 20.1 Å². The Bertz CT molecular complexity index is 889. The molecule has 4 rings (SSSR count). The van der Waals surface area contributed by atoms with E-state index in [1.807, 2.05) is 32.0 Å². The lowest BCUT2D eigenvalue weighted by atomic mass is 9.85. The zero-order valence-electron chi connectivity index (χ0n) is 14.0. The number of fused-ring (bicyclic) bond motifs is 2. The van der Waals surface area contributed by atoms with E-state index in [0.29, 0.717) is 17.2 Å². The highest BCUT2D eigenvalue weighted by Gasteiger charge is 2.38. The summed E-state index contributed by atoms with van der Waals surface area (Å²) < 4.78 is 10.6. The first-order chi connectivity index (χ1) is 11.9. The minimum Gasteiger partial charge on any atom is -0.454 e. The highest BCUT2D eigenvalue weighted by atomic mass is 16.7. The Kier molecular flexibility index (Phi) is 3.42. The molecule has 128 valence electrons. The smallest absolute Gasteiger partial charge is 0.234 e. The summed E-state index contributed by atoms with van der Waals surface area (Å²) in [5, 5.41) is 5.73. The lowest BCUT2D eigenvalue weighted by molar-refractivity contribution is -0.119. The van der Waals surface area contributed by atoms with Gasteiger partial charge in [-0.3, -0.25) is 9.59 Å². The van der Waals surface area contributed by atoms with Gasteiger partial charge in [-0.25, -0.2) is 0 Å². The molecule has 0 saturated carbocycles. The predicted octanol–water partition coefficient (Wildman–Crippen LogP) is 2.83. The van der Waals surface area contributed by atoms with E-state index in [0.717, 1.165) is 16.8 Å². The molecule has 0 fully saturated rings. The van der Waals surface area contributed by atoms with Gasteiger partial charge in [0.15, 0.2) is 11.5 Å². The first-order valence-corrected chi connectivity index (χ1v) is 8.08. The van der Waals surface area contributed by atoms with Gasteiger partial charge in [0.1, 0.15) is 0 Å². The largest absolute Gasteiger partial charge is 0.454 e. The Morgan fingerprint density at radius 3 is 2.80 bits per heavy atom. The lowest BCUT2D eigenvalue weighted by Gasteiger charge is -2.15. The van der Waals surface area contributed by atoms with Gasteiger partial charge >= 0.3 is 0 Å². The number of carbonyl (C=O) groups is 2. The molecule has 0 atom stereocenters. The Morgan fingerprint density at radius 2 is 1.96 bits per heavy atom. The quantitative estimate of drug-likeness (QED) is 0.902. The Labute approximate surface area is 145 Å². The van der Waals surface area contributed by atoms with Crippen molar-refractivity contribution in [1.29, 1.82) is 0 Å². The third-order valence-corrected chi connectivity index (χ3v) is 4.59. The van der Waals surface area contributed by atoms with Crippen molar-refractivity contribution in [1.82, 2.24) is 0 Å². The fourth-order valence-electron chi connectivity index (χ4n) is 3.09. The summed E-state index contributed by atoms with van der Waals surface area (Å²) in [6.07, 6.45) is 0.228. The van der Waals surface area contributed by atoms with Gasteiger partial charge in [0.25, 0.3) is 0 Å². The Morgan fingerprint density at radius 1 is 1.16 bits per heavy atom. The molecule has 2 aliphatic heterocycles. The van der Waals surface area contributed by atoms with E-state index >= 15 is 0 Å². The summed E-state index contributed by atoms with van der Waals surface area (Å²) in [6, 6.07) is 10.9. The molecule has 0 aromatic heterocycles. The number of benzene rings is 2. The zero-order valence-corrected chi connectivity index (χ0v) is 14.0. The second-order valence-corrected chi connectivity index (χ2v) is 6.75. The average Bonchev–Trinajstić information content (AvgIpc) is 3.11. The number of carbonyl (C=O) groups excluding carboxylic acids is 2. The van der Waals surface area contributed by atoms with E-state index < -0.39 is 5.41 Å². The van der Waals surface area contributed by atoms with Crippen molar-refractivity contribution < 1.29 is 19.1 Å². The van der Waals surface area contributed by atoms with Gasteiger partial charge in [-0.1, -0.05) is 12.1 Å². The third kappa shape index (κ3) is 2.69. The fourth-order valence-corrected chi connectivity index (χ4v) is 3.09. The van der Waals surface area contributed by atoms with Crippen LogP contribution in [0.4, 0.5) is 11.4 Å². The van der Waals surface area contributed by atoms with Gasteiger partial charge in [0.2, 0.25) is 18.6 Å². The number of rotatable bonds is 3. The SMILES string of the molecule is CC1(C)C(=O)Nc2ccc(CC(=O)Nc3ccc4c(c3)OCO4)cc21. The molecule has 6 heteroatoms. The van der Waals surface area contributed by atoms with Gasteiger partial charge in [0, 0.05) is 17.4 Å². The van der Waals surface area contributed by atoms with Crippen LogP contribution in [0, 0.1) is 0 Å². The molecular formula is C19H18N2O4. The number of nitrogens with one attached hydrogen (secondary N) is 2. The molecule has 0 unspecified atom stereocenters. The van der Waals surface area contributed by atoms with Gasteiger partial charge in [-0.15, -0.1) is 0 Å². The summed E-state index contributed by atoms with van der Waals surface area (Å²) in [7, 11) is 0. The molecule has 2 aromatic carbocycles. The highest BCUT2D eigenvalue weighted by Crippen LogP contribution is 2.38. The van der Waals surface area contributed by atoms with E-state index in [-0.39, 0.29) is 25.0 Å². The van der Waals surface area contributed by atoms with Crippen LogP contribution in [-0.4, -0.2) is 18.6 Å². The first-order valence-electron chi connectivity index (χ1n) is 8.08. The number of hydrogen-bond acceptors (Lipinski definition) is 4. The molecule has 25 heavy (non-hydrogen) atoms. The molecule has 2 aromatic rings. The normalized spacial score (nSPS) is 16.3. The van der Waals surface area contributed by atoms with Crippen molar-refractivity contribution in [3.05, 3.63) is 47.5 Å². The third-order valence-electron chi connectivity index (χ3n) is 4.59. The van der Waals surface area contributed by atoms with Crippen molar-refractivity contribution in [2.45, 2.75) is 25.7 Å². The van der Waals surface area contributed by atoms with Crippen LogP contribution >= 0.6 is 0 Å². The summed E-state index contributed by atoms with van der Waals surface area (Å²) in [5.74, 6) is 1.15. The zero-order chi connectivity index (χ0) is 17.6. The van der Waals surface area contributed by atoms with Crippen molar-refractivity contribution in [2.24, 2.45) is 0 Å². The summed E-state index contributed by atoms with van der Waals surface area (Å²) in [6.45, 7) is 3.96. The molecule has 0 spiro atoms. The maximum absolute atomic E-state index is 12.3. The first kappa shape index (κ1) is 15.5. The molecule has 0 bridgehead atoms. The van der Waals surface area contributed by atoms with Crippen LogP contribution in [0.5, 0.6) is 11.5 Å². The van der Waals surface area contributed by atoms with Crippen LogP contribution in [0.3, 0.4) is 0 Å². The maximum Gasteiger partial charge on any atom is 0.234 e. The molecule has 6 nitrogen and oxygen atoms in total. The Hall–Kier alpha value is -3.02. The van der Waals surface area contributed by atoms with Crippen LogP contribution in [-0.2, 0) is 21.4 Å². The second kappa shape index (κ2) is 5.51. The molecule has 2 N–H and O–H groups in total. The van der Waals surface area contributed by atoms with Gasteiger partial charge in [-0.2, -0.15) is 0 Å². The van der Waals surface area contributed by atoms with Gasteiger partial charge in [-0.05, 0) is 43.2 Å². The monoisotopic (exact) mass is 338 g/mol. The number of hydrogen-bond donors (Lipinski definition) is 2. The van der Waals surface area contributed by atoms with E-state index in [1.165, 1.54) is 0 Å². The standard InChI is InChI=1S/C19H18N2O4/c1-19(2)13-7-11(3-5-14(13)21-18(19)23)8-17(22)20-12-4-6-15-16(9-12)25-10-24-15/h3-7,9H,8,10H2,1-2H3,(H,20,22)(H,21,23). The second-order valence-electron chi connectivity index (χ2n) is 6.75. The summed E-state index contributed by atoms with van der Waals surface area (Å²) in [4.78, 5) is 24.4. The van der Waals surface area contributed by atoms with Crippen LogP contribution in [0.15, 0.2) is 36.4 Å². The Balaban J connectivity index is 1.49. The minimum atomic E-state index is -0.584. The highest BCUT2D eigenvalue weighted by molar-refractivity contribution is 6.05. The van der Waals surface area contributed by atoms with Crippen LogP contribution < -0.4 is 20.1 Å². The lowest BCUT2D eigenvalue weighted by Crippen LogP contribution is -2.27. The predicted molar refractivity (Wildman–Crippen MR) is 93.0 cm³/mol. The van der Waals surface area contributed by atoms with E-state index in [4.69, 9.17) is 9.47 Å². The molecular weight excluding hydrogens is 320 g/mol. The topological polar surface area (TPSA) is 76.7 Å². The number of ether oxygens (including phenoxy) is 2. The fraction of sp³-hybridized carbons (Fsp3) is 0.263. The number of amides is 2. The molecule has 0 saturated heterocycles. The van der Waals surface area contributed by atoms with E-state index in [1.54, 1.807) is 18.2 Å². The summed E-state index contributed by atoms with van der Waals surface area (Å²) in [5.41, 5.74) is 2.68. The molecule has 2 aliphatic rings. The maximum atomic E-state index is 12.3. The van der Waals surface area contributed by atoms with Crippen LogP contribution in [0.25, 0.3) is 0 Å². The van der Waals surface area contributed by atoms with Crippen molar-refractivity contribution in [3.8, 4) is 11.5 Å². The molecule has 0 radical (unpaired) electrons. The van der Waals surface area contributed by atoms with E-state index in [9.17, 15) is 9.59 Å². The van der Waals surface area contributed by atoms with Crippen molar-refractivity contribution in [2.75, 3.05) is 17.4 Å². The minimum absolute atomic E-state index is 0.0236. The number of anilines is 2. The van der Waals surface area contributed by atoms with Crippen LogP contribution in [0.2, 0.25) is 0 Å². The van der Waals surface area contributed by atoms with E-state index in [2.05, 4.69) is 10.6 Å². The average molecular weight is 338 g/mol. The van der Waals surface area contributed by atoms with Crippen molar-refractivity contribution >= 4 is 23.2 Å². The molecule has 2 heterocycles. The molecule has 0 aliphatic carbocycles. The van der Waals surface area contributed by atoms with Gasteiger partial charge in [0.05, 0.1) is 11.8 Å². The van der Waals surface area contributed by atoms with Crippen molar-refractivity contribution in [3.63, 3.8) is 0 Å². The summed E-state index contributed by atoms with van der Waals surface area (Å²) >= 11 is 0. The molecule has 2 amide bonds.